The topological polar surface area (TPSA) is 78.2 Å². The molecule has 140 valence electrons. The van der Waals surface area contributed by atoms with Gasteiger partial charge in [-0.15, -0.1) is 10.2 Å². The Hall–Kier alpha value is -2.61. The maximum Gasteiger partial charge on any atom is 0.262 e. The number of hydrogen-bond donors (Lipinski definition) is 0. The first-order valence-electron chi connectivity index (χ1n) is 9.10. The molecule has 0 aliphatic rings. The van der Waals surface area contributed by atoms with Crippen molar-refractivity contribution >= 4 is 28.4 Å². The van der Waals surface area contributed by atoms with E-state index < -0.39 is 0 Å². The molecule has 3 aromatic heterocycles. The van der Waals surface area contributed by atoms with Gasteiger partial charge in [-0.3, -0.25) is 13.8 Å². The summed E-state index contributed by atoms with van der Waals surface area (Å²) >= 11 is 1.53. The molecule has 0 unspecified atom stereocenters. The van der Waals surface area contributed by atoms with Crippen molar-refractivity contribution in [3.63, 3.8) is 0 Å². The third kappa shape index (κ3) is 3.37. The molecule has 4 rings (SSSR count). The van der Waals surface area contributed by atoms with Crippen LogP contribution in [-0.2, 0) is 12.3 Å². The fourth-order valence-corrected chi connectivity index (χ4v) is 3.99. The predicted octanol–water partition coefficient (Wildman–Crippen LogP) is 3.82. The number of rotatable bonds is 7. The number of fused-ring (bicyclic) bond motifs is 3. The van der Waals surface area contributed by atoms with Gasteiger partial charge in [0.2, 0.25) is 5.78 Å². The quantitative estimate of drug-likeness (QED) is 0.357. The summed E-state index contributed by atoms with van der Waals surface area (Å²) in [6.45, 7) is 4.67. The Morgan fingerprint density at radius 2 is 2.04 bits per heavy atom. The molecule has 27 heavy (non-hydrogen) atoms. The molecule has 0 aliphatic heterocycles. The number of para-hydroxylation sites is 1. The van der Waals surface area contributed by atoms with Crippen molar-refractivity contribution in [3.8, 4) is 0 Å². The van der Waals surface area contributed by atoms with Crippen molar-refractivity contribution in [3.05, 3.63) is 52.1 Å². The SMILES string of the molecule is CCCCCn1c(=O)c2ccccc2n2c(SCc3cc(C)on3)nnc12. The summed E-state index contributed by atoms with van der Waals surface area (Å²) in [5, 5.41) is 14.1. The zero-order valence-electron chi connectivity index (χ0n) is 15.4. The zero-order valence-corrected chi connectivity index (χ0v) is 16.2. The minimum atomic E-state index is -0.00900. The van der Waals surface area contributed by atoms with E-state index in [1.165, 1.54) is 11.8 Å². The highest BCUT2D eigenvalue weighted by Gasteiger charge is 2.17. The van der Waals surface area contributed by atoms with Gasteiger partial charge in [-0.05, 0) is 25.5 Å². The van der Waals surface area contributed by atoms with Crippen molar-refractivity contribution in [2.75, 3.05) is 0 Å². The van der Waals surface area contributed by atoms with Crippen LogP contribution in [-0.4, -0.2) is 24.3 Å². The normalized spacial score (nSPS) is 11.6. The molecule has 0 saturated heterocycles. The van der Waals surface area contributed by atoms with Crippen LogP contribution in [0.15, 0.2) is 44.8 Å². The fraction of sp³-hybridized carbons (Fsp3) is 0.368. The Kier molecular flexibility index (Phi) is 4.98. The molecule has 0 saturated carbocycles. The van der Waals surface area contributed by atoms with Crippen molar-refractivity contribution < 1.29 is 4.52 Å². The van der Waals surface area contributed by atoms with Crippen molar-refractivity contribution in [1.82, 2.24) is 24.3 Å². The number of hydrogen-bond acceptors (Lipinski definition) is 6. The molecule has 0 aliphatic carbocycles. The number of nitrogens with zero attached hydrogens (tertiary/aromatic N) is 5. The maximum atomic E-state index is 13.0. The molecule has 0 N–H and O–H groups in total. The van der Waals surface area contributed by atoms with Gasteiger partial charge in [-0.25, -0.2) is 0 Å². The van der Waals surface area contributed by atoms with E-state index >= 15 is 0 Å². The average molecular weight is 383 g/mol. The highest BCUT2D eigenvalue weighted by molar-refractivity contribution is 7.98. The molecule has 3 heterocycles. The number of unbranched alkanes of at least 4 members (excludes halogenated alkanes) is 2. The first-order valence-corrected chi connectivity index (χ1v) is 10.1. The Balaban J connectivity index is 1.80. The van der Waals surface area contributed by atoms with Gasteiger partial charge >= 0.3 is 0 Å². The van der Waals surface area contributed by atoms with E-state index in [1.807, 2.05) is 41.7 Å². The lowest BCUT2D eigenvalue weighted by Crippen LogP contribution is -2.23. The van der Waals surface area contributed by atoms with E-state index in [9.17, 15) is 4.79 Å². The first kappa shape index (κ1) is 17.8. The van der Waals surface area contributed by atoms with Gasteiger partial charge in [0, 0.05) is 18.4 Å². The molecule has 1 aromatic carbocycles. The summed E-state index contributed by atoms with van der Waals surface area (Å²) in [6, 6.07) is 9.53. The van der Waals surface area contributed by atoms with Crippen LogP contribution < -0.4 is 5.56 Å². The molecule has 0 amide bonds. The van der Waals surface area contributed by atoms with E-state index in [2.05, 4.69) is 22.3 Å². The number of aryl methyl sites for hydroxylation is 2. The van der Waals surface area contributed by atoms with Crippen molar-refractivity contribution in [2.24, 2.45) is 0 Å². The second-order valence-electron chi connectivity index (χ2n) is 6.52. The number of aromatic nitrogens is 5. The molecule has 0 spiro atoms. The summed E-state index contributed by atoms with van der Waals surface area (Å²) in [4.78, 5) is 13.0. The Labute approximate surface area is 160 Å². The summed E-state index contributed by atoms with van der Waals surface area (Å²) in [5.74, 6) is 2.00. The largest absolute Gasteiger partial charge is 0.361 e. The fourth-order valence-electron chi connectivity index (χ4n) is 3.17. The van der Waals surface area contributed by atoms with Gasteiger partial charge in [0.05, 0.1) is 16.6 Å². The molecule has 0 fully saturated rings. The molecule has 0 bridgehead atoms. The lowest BCUT2D eigenvalue weighted by atomic mass is 10.2. The Morgan fingerprint density at radius 1 is 1.19 bits per heavy atom. The van der Waals surface area contributed by atoms with Crippen LogP contribution in [0.25, 0.3) is 16.7 Å². The van der Waals surface area contributed by atoms with Crippen LogP contribution in [0.4, 0.5) is 0 Å². The second kappa shape index (κ2) is 7.56. The zero-order chi connectivity index (χ0) is 18.8. The van der Waals surface area contributed by atoms with Gasteiger partial charge in [0.25, 0.3) is 5.56 Å². The highest BCUT2D eigenvalue weighted by Crippen LogP contribution is 2.24. The van der Waals surface area contributed by atoms with Crippen LogP contribution in [0.2, 0.25) is 0 Å². The maximum absolute atomic E-state index is 13.0. The van der Waals surface area contributed by atoms with Gasteiger partial charge in [-0.1, -0.05) is 48.8 Å². The van der Waals surface area contributed by atoms with E-state index in [1.54, 1.807) is 4.57 Å². The number of thioether (sulfide) groups is 1. The molecular formula is C19H21N5O2S. The van der Waals surface area contributed by atoms with Gasteiger partial charge in [-0.2, -0.15) is 0 Å². The Morgan fingerprint density at radius 3 is 2.81 bits per heavy atom. The average Bonchev–Trinajstić information content (AvgIpc) is 3.29. The number of benzene rings is 1. The summed E-state index contributed by atoms with van der Waals surface area (Å²) < 4.78 is 8.85. The van der Waals surface area contributed by atoms with Crippen LogP contribution >= 0.6 is 11.8 Å². The van der Waals surface area contributed by atoms with Crippen LogP contribution in [0, 0.1) is 6.92 Å². The molecular weight excluding hydrogens is 362 g/mol. The van der Waals surface area contributed by atoms with Crippen LogP contribution in [0.3, 0.4) is 0 Å². The third-order valence-electron chi connectivity index (χ3n) is 4.49. The monoisotopic (exact) mass is 383 g/mol. The lowest BCUT2D eigenvalue weighted by molar-refractivity contribution is 0.393. The van der Waals surface area contributed by atoms with Crippen LogP contribution in [0.5, 0.6) is 0 Å². The van der Waals surface area contributed by atoms with E-state index in [0.29, 0.717) is 23.5 Å². The van der Waals surface area contributed by atoms with Gasteiger partial charge in [0.15, 0.2) is 5.16 Å². The molecule has 7 nitrogen and oxygen atoms in total. The van der Waals surface area contributed by atoms with E-state index in [4.69, 9.17) is 4.52 Å². The summed E-state index contributed by atoms with van der Waals surface area (Å²) in [7, 11) is 0. The standard InChI is InChI=1S/C19H21N5O2S/c1-3-4-7-10-23-17(25)15-8-5-6-9-16(15)24-18(23)20-21-19(24)27-12-14-11-13(2)26-22-14/h5-6,8-9,11H,3-4,7,10,12H2,1-2H3. The van der Waals surface area contributed by atoms with E-state index in [-0.39, 0.29) is 5.56 Å². The minimum Gasteiger partial charge on any atom is -0.361 e. The second-order valence-corrected chi connectivity index (χ2v) is 7.46. The smallest absolute Gasteiger partial charge is 0.262 e. The highest BCUT2D eigenvalue weighted by atomic mass is 32.2. The molecule has 4 aromatic rings. The predicted molar refractivity (Wildman–Crippen MR) is 105 cm³/mol. The lowest BCUT2D eigenvalue weighted by Gasteiger charge is -2.10. The van der Waals surface area contributed by atoms with Crippen molar-refractivity contribution in [1.29, 1.82) is 0 Å². The Bertz CT molecular complexity index is 1140. The van der Waals surface area contributed by atoms with Crippen LogP contribution in [0.1, 0.15) is 37.6 Å². The summed E-state index contributed by atoms with van der Waals surface area (Å²) in [5.41, 5.74) is 1.67. The van der Waals surface area contributed by atoms with Crippen molar-refractivity contribution in [2.45, 2.75) is 50.6 Å². The van der Waals surface area contributed by atoms with Gasteiger partial charge in [0.1, 0.15) is 5.76 Å². The molecule has 0 radical (unpaired) electrons. The minimum absolute atomic E-state index is 0.00900. The summed E-state index contributed by atoms with van der Waals surface area (Å²) in [6.07, 6.45) is 3.12. The molecule has 0 atom stereocenters. The van der Waals surface area contributed by atoms with Gasteiger partial charge < -0.3 is 4.52 Å². The first-order chi connectivity index (χ1) is 13.2. The third-order valence-corrected chi connectivity index (χ3v) is 5.45. The van der Waals surface area contributed by atoms with E-state index in [0.717, 1.165) is 41.4 Å². The molecule has 8 heteroatoms.